The van der Waals surface area contributed by atoms with Crippen LogP contribution in [0.5, 0.6) is 0 Å². The van der Waals surface area contributed by atoms with E-state index in [0.29, 0.717) is 41.8 Å². The molecule has 1 aliphatic carbocycles. The van der Waals surface area contributed by atoms with Gasteiger partial charge in [0, 0.05) is 59.0 Å². The highest BCUT2D eigenvalue weighted by Gasteiger charge is 2.37. The van der Waals surface area contributed by atoms with Gasteiger partial charge in [-0.05, 0) is 55.6 Å². The monoisotopic (exact) mass is 577 g/mol. The summed E-state index contributed by atoms with van der Waals surface area (Å²) in [6.07, 6.45) is 2.27. The molecular weight excluding hydrogens is 546 g/mol. The first kappa shape index (κ1) is 27.0. The number of amides is 2. The van der Waals surface area contributed by atoms with Crippen molar-refractivity contribution in [2.45, 2.75) is 44.5 Å². The van der Waals surface area contributed by atoms with Crippen LogP contribution in [0.2, 0.25) is 5.02 Å². The van der Waals surface area contributed by atoms with Crippen molar-refractivity contribution in [3.8, 4) is 0 Å². The largest absolute Gasteiger partial charge is 0.376 e. The second-order valence-electron chi connectivity index (χ2n) is 10.8. The summed E-state index contributed by atoms with van der Waals surface area (Å²) in [4.78, 5) is 37.8. The van der Waals surface area contributed by atoms with Gasteiger partial charge in [-0.1, -0.05) is 41.9 Å². The van der Waals surface area contributed by atoms with Gasteiger partial charge >= 0.3 is 0 Å². The summed E-state index contributed by atoms with van der Waals surface area (Å²) in [6.45, 7) is 2.84. The highest BCUT2D eigenvalue weighted by molar-refractivity contribution is 7.13. The van der Waals surface area contributed by atoms with Gasteiger partial charge in [-0.3, -0.25) is 9.59 Å². The topological polar surface area (TPSA) is 99.3 Å². The Hall–Kier alpha value is -3.24. The predicted molar refractivity (Wildman–Crippen MR) is 157 cm³/mol. The minimum absolute atomic E-state index is 0.183. The molecule has 1 unspecified atom stereocenters. The number of rotatable bonds is 8. The van der Waals surface area contributed by atoms with E-state index in [0.717, 1.165) is 46.5 Å². The zero-order valence-electron chi connectivity index (χ0n) is 22.3. The molecule has 3 heterocycles. The van der Waals surface area contributed by atoms with Crippen molar-refractivity contribution in [3.05, 3.63) is 86.5 Å². The maximum absolute atomic E-state index is 13.3. The summed E-state index contributed by atoms with van der Waals surface area (Å²) in [5.74, 6) is -0.202. The van der Waals surface area contributed by atoms with Crippen LogP contribution in [0.15, 0.2) is 54.6 Å². The van der Waals surface area contributed by atoms with E-state index in [-0.39, 0.29) is 29.8 Å². The lowest BCUT2D eigenvalue weighted by Crippen LogP contribution is -2.48. The molecular formula is C30H32ClN5O3S. The van der Waals surface area contributed by atoms with Crippen molar-refractivity contribution in [2.75, 3.05) is 20.2 Å². The van der Waals surface area contributed by atoms with E-state index in [1.807, 2.05) is 42.5 Å². The SMILES string of the molecule is CN1CCc2nc(C(=O)N[C@@H]3CC(COCc4ccccc4)C[C@H]3NC(=O)c3cc4cc(Cl)ccc4[nH]3)sc2C1. The summed E-state index contributed by atoms with van der Waals surface area (Å²) < 4.78 is 6.04. The van der Waals surface area contributed by atoms with Crippen molar-refractivity contribution < 1.29 is 14.3 Å². The minimum Gasteiger partial charge on any atom is -0.376 e. The van der Waals surface area contributed by atoms with E-state index in [1.54, 1.807) is 12.1 Å². The number of thiazole rings is 1. The normalized spacial score (nSPS) is 20.9. The molecule has 2 aromatic heterocycles. The molecule has 40 heavy (non-hydrogen) atoms. The van der Waals surface area contributed by atoms with Crippen molar-refractivity contribution in [1.29, 1.82) is 0 Å². The molecule has 208 valence electrons. The van der Waals surface area contributed by atoms with E-state index < -0.39 is 0 Å². The first-order chi connectivity index (χ1) is 19.4. The van der Waals surface area contributed by atoms with E-state index in [9.17, 15) is 9.59 Å². The Labute approximate surface area is 242 Å². The van der Waals surface area contributed by atoms with Crippen LogP contribution in [0.4, 0.5) is 0 Å². The minimum atomic E-state index is -0.238. The zero-order valence-corrected chi connectivity index (χ0v) is 23.9. The maximum Gasteiger partial charge on any atom is 0.280 e. The number of likely N-dealkylation sites (N-methyl/N-ethyl adjacent to an activating group) is 1. The smallest absolute Gasteiger partial charge is 0.280 e. The molecule has 6 rings (SSSR count). The van der Waals surface area contributed by atoms with Crippen molar-refractivity contribution >= 4 is 45.7 Å². The van der Waals surface area contributed by atoms with Gasteiger partial charge in [0.05, 0.1) is 12.3 Å². The fourth-order valence-corrected chi connectivity index (χ4v) is 6.91. The molecule has 2 amide bonds. The Morgan fingerprint density at radius 3 is 2.67 bits per heavy atom. The number of hydrogen-bond donors (Lipinski definition) is 3. The molecule has 1 fully saturated rings. The zero-order chi connectivity index (χ0) is 27.6. The van der Waals surface area contributed by atoms with E-state index in [4.69, 9.17) is 16.3 Å². The summed E-state index contributed by atoms with van der Waals surface area (Å²) >= 11 is 7.59. The number of hydrogen-bond acceptors (Lipinski definition) is 6. The van der Waals surface area contributed by atoms with Crippen LogP contribution in [0.25, 0.3) is 10.9 Å². The number of aromatic amines is 1. The molecule has 0 bridgehead atoms. The number of carbonyl (C=O) groups is 2. The number of ether oxygens (including phenoxy) is 1. The number of nitrogens with zero attached hydrogens (tertiary/aromatic N) is 2. The summed E-state index contributed by atoms with van der Waals surface area (Å²) in [6, 6.07) is 16.9. The van der Waals surface area contributed by atoms with Gasteiger partial charge in [0.1, 0.15) is 5.69 Å². The number of halogens is 1. The van der Waals surface area contributed by atoms with Gasteiger partial charge in [0.15, 0.2) is 5.01 Å². The van der Waals surface area contributed by atoms with Crippen molar-refractivity contribution in [1.82, 2.24) is 25.5 Å². The van der Waals surface area contributed by atoms with E-state index in [2.05, 4.69) is 32.5 Å². The van der Waals surface area contributed by atoms with E-state index >= 15 is 0 Å². The fraction of sp³-hybridized carbons (Fsp3) is 0.367. The third kappa shape index (κ3) is 6.07. The molecule has 3 N–H and O–H groups in total. The second kappa shape index (κ2) is 11.7. The van der Waals surface area contributed by atoms with Gasteiger partial charge in [-0.25, -0.2) is 4.98 Å². The third-order valence-electron chi connectivity index (χ3n) is 7.70. The number of benzene rings is 2. The first-order valence-corrected chi connectivity index (χ1v) is 14.8. The van der Waals surface area contributed by atoms with Crippen LogP contribution in [-0.4, -0.2) is 59.0 Å². The van der Waals surface area contributed by atoms with Crippen molar-refractivity contribution in [2.24, 2.45) is 5.92 Å². The number of H-pyrrole nitrogens is 1. The Balaban J connectivity index is 1.15. The van der Waals surface area contributed by atoms with Crippen LogP contribution in [0, 0.1) is 5.92 Å². The number of carbonyl (C=O) groups excluding carboxylic acids is 2. The predicted octanol–water partition coefficient (Wildman–Crippen LogP) is 4.79. The van der Waals surface area contributed by atoms with Crippen LogP contribution in [-0.2, 0) is 24.3 Å². The Bertz CT molecular complexity index is 1520. The van der Waals surface area contributed by atoms with Crippen LogP contribution in [0.1, 0.15) is 49.3 Å². The van der Waals surface area contributed by atoms with Crippen LogP contribution in [0.3, 0.4) is 0 Å². The maximum atomic E-state index is 13.3. The molecule has 2 aliphatic rings. The molecule has 3 atom stereocenters. The lowest BCUT2D eigenvalue weighted by molar-refractivity contribution is 0.0857. The van der Waals surface area contributed by atoms with Gasteiger partial charge in [0.2, 0.25) is 0 Å². The third-order valence-corrected chi connectivity index (χ3v) is 9.02. The second-order valence-corrected chi connectivity index (χ2v) is 12.3. The summed E-state index contributed by atoms with van der Waals surface area (Å²) in [5.41, 5.74) is 3.45. The lowest BCUT2D eigenvalue weighted by atomic mass is 10.1. The fourth-order valence-electron chi connectivity index (χ4n) is 5.64. The molecule has 2 aromatic carbocycles. The molecule has 0 spiro atoms. The van der Waals surface area contributed by atoms with Crippen LogP contribution < -0.4 is 10.6 Å². The summed E-state index contributed by atoms with van der Waals surface area (Å²) in [5, 5.41) is 8.34. The first-order valence-electron chi connectivity index (χ1n) is 13.6. The van der Waals surface area contributed by atoms with Gasteiger partial charge in [0.25, 0.3) is 11.8 Å². The molecule has 1 saturated carbocycles. The molecule has 1 aliphatic heterocycles. The highest BCUT2D eigenvalue weighted by Crippen LogP contribution is 2.29. The quantitative estimate of drug-likeness (QED) is 0.280. The van der Waals surface area contributed by atoms with Crippen LogP contribution >= 0.6 is 22.9 Å². The number of aromatic nitrogens is 2. The molecule has 10 heteroatoms. The number of fused-ring (bicyclic) bond motifs is 2. The average Bonchev–Trinajstić information content (AvgIpc) is 3.66. The molecule has 0 radical (unpaired) electrons. The summed E-state index contributed by atoms with van der Waals surface area (Å²) in [7, 11) is 2.08. The Morgan fingerprint density at radius 1 is 1.10 bits per heavy atom. The average molecular weight is 578 g/mol. The Kier molecular flexibility index (Phi) is 7.89. The Morgan fingerprint density at radius 2 is 1.88 bits per heavy atom. The molecule has 4 aromatic rings. The van der Waals surface area contributed by atoms with Gasteiger partial charge < -0.3 is 25.3 Å². The highest BCUT2D eigenvalue weighted by atomic mass is 35.5. The molecule has 8 nitrogen and oxygen atoms in total. The standard InChI is InChI=1S/C30H32ClN5O3S/c1-36-10-9-23-27(15-36)40-30(35-23)29(38)34-25-12-19(17-39-16-18-5-3-2-4-6-18)11-24(25)33-28(37)26-14-20-13-21(31)7-8-22(20)32-26/h2-8,13-14,19,24-25,32H,9-12,15-17H2,1H3,(H,33,37)(H,34,38)/t19?,24-,25-/m1/s1. The van der Waals surface area contributed by atoms with E-state index in [1.165, 1.54) is 11.3 Å². The number of nitrogens with one attached hydrogen (secondary N) is 3. The van der Waals surface area contributed by atoms with Gasteiger partial charge in [-0.15, -0.1) is 11.3 Å². The lowest BCUT2D eigenvalue weighted by Gasteiger charge is -2.21. The van der Waals surface area contributed by atoms with Crippen molar-refractivity contribution in [3.63, 3.8) is 0 Å². The molecule has 0 saturated heterocycles. The van der Waals surface area contributed by atoms with Gasteiger partial charge in [-0.2, -0.15) is 0 Å².